The lowest BCUT2D eigenvalue weighted by atomic mass is 10.1. The summed E-state index contributed by atoms with van der Waals surface area (Å²) in [5.74, 6) is 0.716. The zero-order valence-electron chi connectivity index (χ0n) is 12.3. The lowest BCUT2D eigenvalue weighted by Gasteiger charge is -2.02. The number of hydrogen-bond donors (Lipinski definition) is 2. The van der Waals surface area contributed by atoms with Crippen LogP contribution in [0.4, 0.5) is 0 Å². The van der Waals surface area contributed by atoms with Crippen LogP contribution in [-0.2, 0) is 0 Å². The maximum absolute atomic E-state index is 5.34. The van der Waals surface area contributed by atoms with E-state index in [1.807, 2.05) is 66.7 Å². The molecule has 0 aliphatic rings. The molecule has 0 fully saturated rings. The van der Waals surface area contributed by atoms with Crippen molar-refractivity contribution < 1.29 is 4.74 Å². The fraction of sp³-hybridized carbons (Fsp3) is 0.0588. The molecule has 5 nitrogen and oxygen atoms in total. The monoisotopic (exact) mass is 294 g/mol. The smallest absolute Gasteiger partial charge is 0.211 e. The predicted octanol–water partition coefficient (Wildman–Crippen LogP) is 2.39. The molecule has 0 aromatic heterocycles. The minimum atomic E-state index is -0.0804. The quantitative estimate of drug-likeness (QED) is 0.504. The van der Waals surface area contributed by atoms with Crippen LogP contribution >= 0.6 is 0 Å². The van der Waals surface area contributed by atoms with Crippen molar-refractivity contribution in [2.24, 2.45) is 21.7 Å². The molecular formula is C17H18N4O. The van der Waals surface area contributed by atoms with Gasteiger partial charge in [0, 0.05) is 5.56 Å². The summed E-state index contributed by atoms with van der Waals surface area (Å²) in [5, 5.41) is 7.82. The molecule has 2 aromatic rings. The van der Waals surface area contributed by atoms with E-state index in [1.54, 1.807) is 7.11 Å². The Kier molecular flexibility index (Phi) is 5.31. The summed E-state index contributed by atoms with van der Waals surface area (Å²) >= 11 is 0. The van der Waals surface area contributed by atoms with E-state index < -0.39 is 0 Å². The maximum atomic E-state index is 5.34. The van der Waals surface area contributed by atoms with Crippen molar-refractivity contribution in [3.05, 3.63) is 71.8 Å². The van der Waals surface area contributed by atoms with Gasteiger partial charge in [0.05, 0.1) is 12.8 Å². The first-order valence-corrected chi connectivity index (χ1v) is 6.73. The Hall–Kier alpha value is -3.08. The average Bonchev–Trinajstić information content (AvgIpc) is 2.55. The van der Waals surface area contributed by atoms with Crippen LogP contribution in [0.1, 0.15) is 11.1 Å². The first kappa shape index (κ1) is 15.3. The fourth-order valence-corrected chi connectivity index (χ4v) is 1.83. The predicted molar refractivity (Wildman–Crippen MR) is 90.8 cm³/mol. The Morgan fingerprint density at radius 2 is 1.77 bits per heavy atom. The highest BCUT2D eigenvalue weighted by molar-refractivity contribution is 6.10. The molecule has 22 heavy (non-hydrogen) atoms. The molecule has 4 N–H and O–H groups in total. The first-order chi connectivity index (χ1) is 10.7. The normalized spacial score (nSPS) is 11.4. The molecule has 0 saturated heterocycles. The molecule has 5 heteroatoms. The van der Waals surface area contributed by atoms with Gasteiger partial charge in [0.1, 0.15) is 5.75 Å². The number of nitrogens with zero attached hydrogens (tertiary/aromatic N) is 2. The molecule has 0 bridgehead atoms. The second kappa shape index (κ2) is 7.64. The lowest BCUT2D eigenvalue weighted by molar-refractivity contribution is 0.414. The summed E-state index contributed by atoms with van der Waals surface area (Å²) in [5.41, 5.74) is 13.3. The van der Waals surface area contributed by atoms with Crippen LogP contribution in [0.25, 0.3) is 6.08 Å². The molecule has 2 aromatic carbocycles. The number of methoxy groups -OCH3 is 1. The molecular weight excluding hydrogens is 276 g/mol. The van der Waals surface area contributed by atoms with E-state index in [-0.39, 0.29) is 5.96 Å². The van der Waals surface area contributed by atoms with E-state index in [0.717, 1.165) is 16.9 Å². The molecule has 0 unspecified atom stereocenters. The summed E-state index contributed by atoms with van der Waals surface area (Å²) in [4.78, 5) is 0. The molecule has 0 atom stereocenters. The van der Waals surface area contributed by atoms with Gasteiger partial charge in [-0.3, -0.25) is 0 Å². The lowest BCUT2D eigenvalue weighted by Crippen LogP contribution is -2.22. The Balaban J connectivity index is 2.32. The Labute approximate surface area is 129 Å². The van der Waals surface area contributed by atoms with Crippen LogP contribution < -0.4 is 16.2 Å². The SMILES string of the molecule is COc1cccc(/C=C/C(=N/N=C(N)N)c2ccccc2)c1. The van der Waals surface area contributed by atoms with Crippen LogP contribution in [0.15, 0.2) is 70.9 Å². The molecule has 0 aliphatic carbocycles. The highest BCUT2D eigenvalue weighted by Gasteiger charge is 1.99. The van der Waals surface area contributed by atoms with Crippen molar-refractivity contribution in [1.29, 1.82) is 0 Å². The van der Waals surface area contributed by atoms with Crippen molar-refractivity contribution in [3.8, 4) is 5.75 Å². The molecule has 2 rings (SSSR count). The molecule has 112 valence electrons. The molecule has 0 aliphatic heterocycles. The summed E-state index contributed by atoms with van der Waals surface area (Å²) < 4.78 is 5.21. The third kappa shape index (κ3) is 4.49. The molecule has 0 amide bonds. The largest absolute Gasteiger partial charge is 0.497 e. The Bertz CT molecular complexity index is 702. The summed E-state index contributed by atoms with van der Waals surface area (Å²) in [6.07, 6.45) is 3.78. The summed E-state index contributed by atoms with van der Waals surface area (Å²) in [7, 11) is 1.64. The Morgan fingerprint density at radius 3 is 2.45 bits per heavy atom. The molecule has 0 saturated carbocycles. The van der Waals surface area contributed by atoms with Crippen LogP contribution in [0, 0.1) is 0 Å². The number of allylic oxidation sites excluding steroid dienone is 1. The van der Waals surface area contributed by atoms with Gasteiger partial charge in [-0.05, 0) is 23.8 Å². The third-order valence-corrected chi connectivity index (χ3v) is 2.87. The van der Waals surface area contributed by atoms with Crippen molar-refractivity contribution >= 4 is 17.7 Å². The number of rotatable bonds is 5. The van der Waals surface area contributed by atoms with Crippen molar-refractivity contribution in [1.82, 2.24) is 0 Å². The Morgan fingerprint density at radius 1 is 1.00 bits per heavy atom. The molecule has 0 radical (unpaired) electrons. The van der Waals surface area contributed by atoms with Gasteiger partial charge >= 0.3 is 0 Å². The average molecular weight is 294 g/mol. The van der Waals surface area contributed by atoms with Crippen molar-refractivity contribution in [2.45, 2.75) is 0 Å². The first-order valence-electron chi connectivity index (χ1n) is 6.73. The topological polar surface area (TPSA) is 86.0 Å². The minimum Gasteiger partial charge on any atom is -0.497 e. The molecule has 0 heterocycles. The van der Waals surface area contributed by atoms with Crippen molar-refractivity contribution in [3.63, 3.8) is 0 Å². The van der Waals surface area contributed by atoms with Gasteiger partial charge in [-0.15, -0.1) is 10.2 Å². The van der Waals surface area contributed by atoms with E-state index in [4.69, 9.17) is 16.2 Å². The summed E-state index contributed by atoms with van der Waals surface area (Å²) in [6, 6.07) is 17.4. The van der Waals surface area contributed by atoms with E-state index in [0.29, 0.717) is 5.71 Å². The highest BCUT2D eigenvalue weighted by atomic mass is 16.5. The zero-order valence-corrected chi connectivity index (χ0v) is 12.3. The number of hydrogen-bond acceptors (Lipinski definition) is 3. The summed E-state index contributed by atoms with van der Waals surface area (Å²) in [6.45, 7) is 0. The maximum Gasteiger partial charge on any atom is 0.211 e. The van der Waals surface area contributed by atoms with E-state index in [9.17, 15) is 0 Å². The minimum absolute atomic E-state index is 0.0804. The van der Waals surface area contributed by atoms with E-state index >= 15 is 0 Å². The van der Waals surface area contributed by atoms with Gasteiger partial charge in [0.2, 0.25) is 5.96 Å². The molecule has 0 spiro atoms. The second-order valence-electron chi connectivity index (χ2n) is 4.49. The van der Waals surface area contributed by atoms with Gasteiger partial charge in [0.25, 0.3) is 0 Å². The van der Waals surface area contributed by atoms with Crippen molar-refractivity contribution in [2.75, 3.05) is 7.11 Å². The van der Waals surface area contributed by atoms with Gasteiger partial charge in [-0.1, -0.05) is 48.5 Å². The van der Waals surface area contributed by atoms with Crippen LogP contribution in [0.3, 0.4) is 0 Å². The number of benzene rings is 2. The van der Waals surface area contributed by atoms with Crippen LogP contribution in [0.2, 0.25) is 0 Å². The fourth-order valence-electron chi connectivity index (χ4n) is 1.83. The second-order valence-corrected chi connectivity index (χ2v) is 4.49. The standard InChI is InChI=1S/C17H18N4O/c1-22-15-9-5-6-13(12-15)10-11-16(20-21-17(18)19)14-7-3-2-4-8-14/h2-12H,1H3,(H4,18,19,21)/b11-10+,20-16-. The van der Waals surface area contributed by atoms with Gasteiger partial charge < -0.3 is 16.2 Å². The number of ether oxygens (including phenoxy) is 1. The number of guanidine groups is 1. The number of nitrogens with two attached hydrogens (primary N) is 2. The van der Waals surface area contributed by atoms with Crippen LogP contribution in [0.5, 0.6) is 5.75 Å². The van der Waals surface area contributed by atoms with Crippen LogP contribution in [-0.4, -0.2) is 18.8 Å². The van der Waals surface area contributed by atoms with E-state index in [2.05, 4.69) is 10.2 Å². The van der Waals surface area contributed by atoms with Gasteiger partial charge in [-0.2, -0.15) is 0 Å². The van der Waals surface area contributed by atoms with E-state index in [1.165, 1.54) is 0 Å². The van der Waals surface area contributed by atoms with Gasteiger partial charge in [-0.25, -0.2) is 0 Å². The zero-order chi connectivity index (χ0) is 15.8. The highest BCUT2D eigenvalue weighted by Crippen LogP contribution is 2.14. The van der Waals surface area contributed by atoms with Gasteiger partial charge in [0.15, 0.2) is 0 Å². The third-order valence-electron chi connectivity index (χ3n) is 2.87.